The first-order valence-electron chi connectivity index (χ1n) is 4.09. The highest BCUT2D eigenvalue weighted by atomic mass is 31.1. The van der Waals surface area contributed by atoms with Gasteiger partial charge in [-0.1, -0.05) is 4.57 Å². The number of aliphatic hydroxyl groups is 1. The van der Waals surface area contributed by atoms with Crippen LogP contribution >= 0.6 is 7.80 Å². The Kier molecular flexibility index (Phi) is 6.49. The van der Waals surface area contributed by atoms with E-state index in [-0.39, 0.29) is 18.2 Å². The number of amides is 1. The van der Waals surface area contributed by atoms with E-state index in [1.165, 1.54) is 13.2 Å². The molecule has 1 amide bonds. The predicted molar refractivity (Wildman–Crippen MR) is 53.5 cm³/mol. The minimum absolute atomic E-state index is 0.0174. The van der Waals surface area contributed by atoms with Crippen molar-refractivity contribution < 1.29 is 24.0 Å². The lowest BCUT2D eigenvalue weighted by molar-refractivity contribution is -0.137. The molecule has 1 atom stereocenters. The van der Waals surface area contributed by atoms with Crippen LogP contribution in [0.3, 0.4) is 0 Å². The van der Waals surface area contributed by atoms with Gasteiger partial charge in [-0.3, -0.25) is 4.79 Å². The highest BCUT2D eigenvalue weighted by molar-refractivity contribution is 7.44. The summed E-state index contributed by atoms with van der Waals surface area (Å²) in [4.78, 5) is 21.7. The number of nitrogens with two attached hydrogens (primary N) is 1. The lowest BCUT2D eigenvalue weighted by atomic mass is 10.2. The minimum Gasteiger partial charge on any atom is -0.466 e. The minimum atomic E-state index is -1.80. The summed E-state index contributed by atoms with van der Waals surface area (Å²) in [5.41, 5.74) is 4.97. The van der Waals surface area contributed by atoms with Crippen molar-refractivity contribution >= 4 is 19.7 Å². The SMILES string of the molecule is COC(=O)/C(=C\C[P+](=O)CO)CC(N)=O. The number of rotatable bonds is 6. The van der Waals surface area contributed by atoms with E-state index in [1.54, 1.807) is 0 Å². The van der Waals surface area contributed by atoms with Gasteiger partial charge in [0.05, 0.1) is 13.5 Å². The maximum Gasteiger partial charge on any atom is 0.370 e. The molecule has 0 spiro atoms. The summed E-state index contributed by atoms with van der Waals surface area (Å²) in [5.74, 6) is -1.36. The summed E-state index contributed by atoms with van der Waals surface area (Å²) in [6.45, 7) is 0. The first-order valence-corrected chi connectivity index (χ1v) is 5.72. The number of allylic oxidation sites excluding steroid dienone is 1. The van der Waals surface area contributed by atoms with Crippen molar-refractivity contribution in [3.05, 3.63) is 11.6 Å². The molecule has 0 bridgehead atoms. The van der Waals surface area contributed by atoms with Crippen LogP contribution in [0, 0.1) is 0 Å². The van der Waals surface area contributed by atoms with Gasteiger partial charge in [-0.2, -0.15) is 0 Å². The standard InChI is InChI=1S/C8H12NO5P/c1-14-8(12)6(4-7(9)11)2-3-15(13)5-10/h2,10H,3-5H2,1H3,(H-,9,11)/p+1/b6-2-. The van der Waals surface area contributed by atoms with Crippen LogP contribution in [0.2, 0.25) is 0 Å². The van der Waals surface area contributed by atoms with Crippen LogP contribution in [0.25, 0.3) is 0 Å². The lowest BCUT2D eigenvalue weighted by Gasteiger charge is -2.00. The van der Waals surface area contributed by atoms with Crippen LogP contribution in [0.1, 0.15) is 6.42 Å². The van der Waals surface area contributed by atoms with E-state index < -0.39 is 26.0 Å². The average Bonchev–Trinajstić information content (AvgIpc) is 2.21. The first kappa shape index (κ1) is 13.7. The zero-order valence-electron chi connectivity index (χ0n) is 8.30. The van der Waals surface area contributed by atoms with Crippen LogP contribution in [0.15, 0.2) is 11.6 Å². The third kappa shape index (κ3) is 5.93. The molecule has 3 N–H and O–H groups in total. The molecule has 0 rings (SSSR count). The quantitative estimate of drug-likeness (QED) is 0.374. The molecule has 84 valence electrons. The van der Waals surface area contributed by atoms with E-state index in [1.807, 2.05) is 0 Å². The van der Waals surface area contributed by atoms with E-state index in [4.69, 9.17) is 10.8 Å². The second-order valence-corrected chi connectivity index (χ2v) is 4.28. The molecule has 0 radical (unpaired) electrons. The van der Waals surface area contributed by atoms with E-state index in [9.17, 15) is 14.2 Å². The van der Waals surface area contributed by atoms with Gasteiger partial charge in [0.2, 0.25) is 12.3 Å². The second kappa shape index (κ2) is 7.09. The molecular weight excluding hydrogens is 221 g/mol. The van der Waals surface area contributed by atoms with Crippen LogP contribution < -0.4 is 5.73 Å². The van der Waals surface area contributed by atoms with Crippen molar-refractivity contribution in [2.45, 2.75) is 6.42 Å². The van der Waals surface area contributed by atoms with Crippen molar-refractivity contribution in [3.8, 4) is 0 Å². The molecule has 0 fully saturated rings. The van der Waals surface area contributed by atoms with Gasteiger partial charge in [0.25, 0.3) is 0 Å². The lowest BCUT2D eigenvalue weighted by Crippen LogP contribution is -2.16. The molecule has 0 heterocycles. The Hall–Kier alpha value is -1.26. The van der Waals surface area contributed by atoms with Crippen LogP contribution in [0.5, 0.6) is 0 Å². The van der Waals surface area contributed by atoms with Crippen LogP contribution in [-0.4, -0.2) is 36.6 Å². The van der Waals surface area contributed by atoms with E-state index in [0.717, 1.165) is 0 Å². The maximum atomic E-state index is 11.1. The van der Waals surface area contributed by atoms with Gasteiger partial charge in [0.15, 0.2) is 6.16 Å². The fraction of sp³-hybridized carbons (Fsp3) is 0.500. The molecule has 0 aliphatic heterocycles. The molecule has 0 aromatic heterocycles. The molecule has 0 saturated heterocycles. The smallest absolute Gasteiger partial charge is 0.370 e. The van der Waals surface area contributed by atoms with Crippen molar-refractivity contribution in [2.75, 3.05) is 19.6 Å². The van der Waals surface area contributed by atoms with E-state index >= 15 is 0 Å². The predicted octanol–water partition coefficient (Wildman–Crippen LogP) is -0.262. The number of methoxy groups -OCH3 is 1. The number of aliphatic hydroxyl groups excluding tert-OH is 1. The number of carbonyl (C=O) groups is 2. The Morgan fingerprint density at radius 1 is 1.53 bits per heavy atom. The zero-order valence-corrected chi connectivity index (χ0v) is 9.20. The molecule has 0 aromatic rings. The van der Waals surface area contributed by atoms with Crippen molar-refractivity contribution in [1.29, 1.82) is 0 Å². The molecule has 15 heavy (non-hydrogen) atoms. The summed E-state index contributed by atoms with van der Waals surface area (Å²) in [7, 11) is -0.626. The molecule has 0 aliphatic rings. The van der Waals surface area contributed by atoms with Crippen LogP contribution in [-0.2, 0) is 18.9 Å². The van der Waals surface area contributed by atoms with Gasteiger partial charge in [0.1, 0.15) is 0 Å². The zero-order chi connectivity index (χ0) is 11.8. The summed E-state index contributed by atoms with van der Waals surface area (Å²) in [6.07, 6.45) is 0.590. The number of primary amides is 1. The fourth-order valence-corrected chi connectivity index (χ4v) is 1.36. The molecule has 0 aliphatic carbocycles. The first-order chi connectivity index (χ1) is 7.01. The number of ether oxygens (including phenoxy) is 1. The molecule has 0 saturated carbocycles. The summed E-state index contributed by atoms with van der Waals surface area (Å²) in [5, 5.41) is 8.50. The monoisotopic (exact) mass is 234 g/mol. The molecule has 1 unspecified atom stereocenters. The van der Waals surface area contributed by atoms with Gasteiger partial charge < -0.3 is 15.6 Å². The van der Waals surface area contributed by atoms with Crippen LogP contribution in [0.4, 0.5) is 0 Å². The Labute approximate surface area is 87.9 Å². The van der Waals surface area contributed by atoms with Gasteiger partial charge in [-0.15, -0.1) is 0 Å². The normalized spacial score (nSPS) is 12.1. The van der Waals surface area contributed by atoms with Crippen molar-refractivity contribution in [1.82, 2.24) is 0 Å². The third-order valence-corrected chi connectivity index (χ3v) is 2.42. The Morgan fingerprint density at radius 2 is 2.13 bits per heavy atom. The summed E-state index contributed by atoms with van der Waals surface area (Å²) in [6, 6.07) is 0. The topological polar surface area (TPSA) is 107 Å². The molecule has 7 heteroatoms. The second-order valence-electron chi connectivity index (χ2n) is 2.67. The molecular formula is C8H13NO5P+. The Balaban J connectivity index is 4.54. The number of carbonyl (C=O) groups excluding carboxylic acids is 2. The summed E-state index contributed by atoms with van der Waals surface area (Å²) < 4.78 is 15.3. The highest BCUT2D eigenvalue weighted by Crippen LogP contribution is 2.19. The van der Waals surface area contributed by atoms with Gasteiger partial charge in [0, 0.05) is 5.57 Å². The maximum absolute atomic E-state index is 11.1. The number of hydrogen-bond donors (Lipinski definition) is 2. The number of hydrogen-bond acceptors (Lipinski definition) is 5. The number of esters is 1. The fourth-order valence-electron chi connectivity index (χ4n) is 0.816. The molecule has 0 aromatic carbocycles. The van der Waals surface area contributed by atoms with E-state index in [0.29, 0.717) is 0 Å². The van der Waals surface area contributed by atoms with Crippen molar-refractivity contribution in [3.63, 3.8) is 0 Å². The highest BCUT2D eigenvalue weighted by Gasteiger charge is 2.16. The van der Waals surface area contributed by atoms with Gasteiger partial charge >= 0.3 is 13.8 Å². The third-order valence-electron chi connectivity index (χ3n) is 1.51. The Bertz CT molecular complexity index is 299. The van der Waals surface area contributed by atoms with Gasteiger partial charge in [-0.05, 0) is 6.08 Å². The summed E-state index contributed by atoms with van der Waals surface area (Å²) >= 11 is 0. The Morgan fingerprint density at radius 3 is 2.53 bits per heavy atom. The average molecular weight is 234 g/mol. The van der Waals surface area contributed by atoms with Gasteiger partial charge in [-0.25, -0.2) is 4.79 Å². The van der Waals surface area contributed by atoms with E-state index in [2.05, 4.69) is 4.74 Å². The van der Waals surface area contributed by atoms with Crippen molar-refractivity contribution in [2.24, 2.45) is 5.73 Å². The molecule has 6 nitrogen and oxygen atoms in total. The largest absolute Gasteiger partial charge is 0.466 e.